The summed E-state index contributed by atoms with van der Waals surface area (Å²) in [5.41, 5.74) is 1.13. The maximum atomic E-state index is 13.0. The number of fused-ring (bicyclic) bond motifs is 1. The molecule has 4 aromatic heterocycles. The summed E-state index contributed by atoms with van der Waals surface area (Å²) in [6, 6.07) is 8.14. The van der Waals surface area contributed by atoms with Crippen molar-refractivity contribution in [1.82, 2.24) is 34.6 Å². The molecule has 0 radical (unpaired) electrons. The van der Waals surface area contributed by atoms with Gasteiger partial charge in [-0.3, -0.25) is 5.32 Å². The lowest BCUT2D eigenvalue weighted by atomic mass is 9.94. The number of rotatable bonds is 4. The first-order chi connectivity index (χ1) is 15.1. The second-order valence-electron chi connectivity index (χ2n) is 7.38. The highest BCUT2D eigenvalue weighted by molar-refractivity contribution is 5.87. The van der Waals surface area contributed by atoms with Crippen molar-refractivity contribution >= 4 is 17.6 Å². The van der Waals surface area contributed by atoms with Crippen molar-refractivity contribution < 1.29 is 13.7 Å². The summed E-state index contributed by atoms with van der Waals surface area (Å²) in [5, 5.41) is 10.9. The summed E-state index contributed by atoms with van der Waals surface area (Å²) >= 11 is 0. The number of likely N-dealkylation sites (tertiary alicyclic amines) is 1. The summed E-state index contributed by atoms with van der Waals surface area (Å²) in [6.07, 6.45) is 5.15. The average molecular weight is 422 g/mol. The third-order valence-corrected chi connectivity index (χ3v) is 5.25. The van der Waals surface area contributed by atoms with Crippen LogP contribution in [0.15, 0.2) is 47.2 Å². The van der Waals surface area contributed by atoms with Crippen LogP contribution in [0, 0.1) is 11.7 Å². The van der Waals surface area contributed by atoms with Crippen LogP contribution < -0.4 is 5.32 Å². The van der Waals surface area contributed by atoms with Gasteiger partial charge in [0.1, 0.15) is 11.5 Å². The number of hydrogen-bond donors (Lipinski definition) is 1. The Balaban J connectivity index is 1.14. The number of urea groups is 1. The van der Waals surface area contributed by atoms with Crippen molar-refractivity contribution in [3.8, 4) is 11.5 Å². The summed E-state index contributed by atoms with van der Waals surface area (Å²) in [4.78, 5) is 26.9. The molecular weight excluding hydrogens is 403 g/mol. The molecule has 158 valence electrons. The van der Waals surface area contributed by atoms with Crippen LogP contribution in [0.4, 0.5) is 15.1 Å². The molecule has 0 bridgehead atoms. The molecule has 31 heavy (non-hydrogen) atoms. The Morgan fingerprint density at radius 2 is 2.06 bits per heavy atom. The van der Waals surface area contributed by atoms with Crippen LogP contribution in [0.5, 0.6) is 0 Å². The smallest absolute Gasteiger partial charge is 0.324 e. The van der Waals surface area contributed by atoms with Gasteiger partial charge < -0.3 is 9.42 Å². The molecular formula is C20H19FN8O2. The van der Waals surface area contributed by atoms with Crippen molar-refractivity contribution in [2.45, 2.75) is 19.3 Å². The molecule has 0 saturated carbocycles. The number of halogens is 1. The van der Waals surface area contributed by atoms with Gasteiger partial charge in [-0.2, -0.15) is 9.97 Å². The van der Waals surface area contributed by atoms with Gasteiger partial charge in [-0.05, 0) is 43.0 Å². The molecule has 1 aliphatic heterocycles. The fourth-order valence-corrected chi connectivity index (χ4v) is 3.60. The molecule has 10 nitrogen and oxygen atoms in total. The van der Waals surface area contributed by atoms with E-state index in [-0.39, 0.29) is 12.0 Å². The Morgan fingerprint density at radius 1 is 1.19 bits per heavy atom. The molecule has 0 aromatic carbocycles. The van der Waals surface area contributed by atoms with Gasteiger partial charge in [-0.15, -0.1) is 5.10 Å². The first kappa shape index (κ1) is 19.1. The van der Waals surface area contributed by atoms with E-state index in [2.05, 4.69) is 30.5 Å². The van der Waals surface area contributed by atoms with E-state index in [0.717, 1.165) is 19.0 Å². The van der Waals surface area contributed by atoms with Gasteiger partial charge in [0.05, 0.1) is 6.20 Å². The lowest BCUT2D eigenvalue weighted by molar-refractivity contribution is 0.179. The minimum atomic E-state index is -0.416. The van der Waals surface area contributed by atoms with Crippen molar-refractivity contribution in [2.24, 2.45) is 5.92 Å². The van der Waals surface area contributed by atoms with E-state index < -0.39 is 5.82 Å². The van der Waals surface area contributed by atoms with Gasteiger partial charge in [0.25, 0.3) is 5.95 Å². The van der Waals surface area contributed by atoms with Crippen LogP contribution in [0.3, 0.4) is 0 Å². The van der Waals surface area contributed by atoms with Crippen LogP contribution in [-0.2, 0) is 6.42 Å². The van der Waals surface area contributed by atoms with Crippen LogP contribution in [0.25, 0.3) is 17.2 Å². The third kappa shape index (κ3) is 4.20. The summed E-state index contributed by atoms with van der Waals surface area (Å²) in [5.74, 6) is 1.04. The molecule has 0 spiro atoms. The largest absolute Gasteiger partial charge is 0.339 e. The second kappa shape index (κ2) is 8.09. The highest BCUT2D eigenvalue weighted by Crippen LogP contribution is 2.23. The summed E-state index contributed by atoms with van der Waals surface area (Å²) < 4.78 is 19.9. The summed E-state index contributed by atoms with van der Waals surface area (Å²) in [7, 11) is 0. The average Bonchev–Trinajstić information content (AvgIpc) is 3.41. The van der Waals surface area contributed by atoms with Crippen LogP contribution in [0.1, 0.15) is 18.7 Å². The molecule has 1 aliphatic rings. The first-order valence-corrected chi connectivity index (χ1v) is 9.96. The van der Waals surface area contributed by atoms with Crippen LogP contribution in [-0.4, -0.2) is 53.7 Å². The minimum Gasteiger partial charge on any atom is -0.339 e. The Morgan fingerprint density at radius 3 is 2.84 bits per heavy atom. The maximum absolute atomic E-state index is 13.0. The van der Waals surface area contributed by atoms with Crippen LogP contribution >= 0.6 is 0 Å². The normalized spacial score (nSPS) is 14.8. The molecule has 1 N–H and O–H groups in total. The zero-order chi connectivity index (χ0) is 21.2. The van der Waals surface area contributed by atoms with E-state index in [1.807, 2.05) is 18.2 Å². The number of nitrogens with one attached hydrogen (secondary N) is 1. The van der Waals surface area contributed by atoms with Crippen molar-refractivity contribution in [3.63, 3.8) is 0 Å². The molecule has 1 fully saturated rings. The minimum absolute atomic E-state index is 0.211. The monoisotopic (exact) mass is 422 g/mol. The van der Waals surface area contributed by atoms with Crippen molar-refractivity contribution in [3.05, 3.63) is 54.4 Å². The second-order valence-corrected chi connectivity index (χ2v) is 7.38. The predicted molar refractivity (Wildman–Crippen MR) is 107 cm³/mol. The molecule has 4 aromatic rings. The molecule has 5 heterocycles. The lowest BCUT2D eigenvalue weighted by Crippen LogP contribution is -2.41. The fourth-order valence-electron chi connectivity index (χ4n) is 3.60. The molecule has 1 saturated heterocycles. The molecule has 0 aliphatic carbocycles. The standard InChI is InChI=1S/C20H19FN8O2/c21-14-4-5-15(22-12-14)18-24-17(31-27-18)11-13-6-9-28(10-7-13)20(30)25-19-23-16-3-1-2-8-29(16)26-19/h1-5,8,12-13H,6-7,9-11H2,(H,25,26,30). The molecule has 5 rings (SSSR count). The van der Waals surface area contributed by atoms with E-state index in [1.165, 1.54) is 12.1 Å². The molecule has 0 atom stereocenters. The van der Waals surface area contributed by atoms with Gasteiger partial charge in [-0.25, -0.2) is 18.7 Å². The quantitative estimate of drug-likeness (QED) is 0.538. The Hall–Kier alpha value is -3.89. The number of aromatic nitrogens is 6. The highest BCUT2D eigenvalue weighted by Gasteiger charge is 2.25. The van der Waals surface area contributed by atoms with Gasteiger partial charge in [0.15, 0.2) is 5.65 Å². The number of carbonyl (C=O) groups is 1. The predicted octanol–water partition coefficient (Wildman–Crippen LogP) is 2.80. The highest BCUT2D eigenvalue weighted by atomic mass is 19.1. The Labute approximate surface area is 176 Å². The number of carbonyl (C=O) groups excluding carboxylic acids is 1. The van der Waals surface area contributed by atoms with E-state index in [1.54, 1.807) is 15.6 Å². The zero-order valence-electron chi connectivity index (χ0n) is 16.5. The molecule has 11 heteroatoms. The number of nitrogens with zero attached hydrogens (tertiary/aromatic N) is 7. The number of amides is 2. The number of hydrogen-bond acceptors (Lipinski definition) is 7. The van der Waals surface area contributed by atoms with Crippen molar-refractivity contribution in [2.75, 3.05) is 18.4 Å². The fraction of sp³-hybridized carbons (Fsp3) is 0.300. The first-order valence-electron chi connectivity index (χ1n) is 9.96. The number of pyridine rings is 2. The third-order valence-electron chi connectivity index (χ3n) is 5.25. The van der Waals surface area contributed by atoms with Gasteiger partial charge in [0.2, 0.25) is 11.7 Å². The number of piperidine rings is 1. The van der Waals surface area contributed by atoms with Crippen molar-refractivity contribution in [1.29, 1.82) is 0 Å². The van der Waals surface area contributed by atoms with E-state index in [0.29, 0.717) is 48.5 Å². The Bertz CT molecular complexity index is 1160. The lowest BCUT2D eigenvalue weighted by Gasteiger charge is -2.31. The SMILES string of the molecule is O=C(Nc1nc2ccccn2n1)N1CCC(Cc2nc(-c3ccc(F)cn3)no2)CC1. The Kier molecular flexibility index (Phi) is 4.98. The van der Waals surface area contributed by atoms with E-state index >= 15 is 0 Å². The topological polar surface area (TPSA) is 114 Å². The van der Waals surface area contributed by atoms with Gasteiger partial charge >= 0.3 is 6.03 Å². The molecule has 0 unspecified atom stereocenters. The zero-order valence-corrected chi connectivity index (χ0v) is 16.5. The van der Waals surface area contributed by atoms with Gasteiger partial charge in [-0.1, -0.05) is 11.2 Å². The van der Waals surface area contributed by atoms with E-state index in [9.17, 15) is 9.18 Å². The summed E-state index contributed by atoms with van der Waals surface area (Å²) in [6.45, 7) is 1.23. The maximum Gasteiger partial charge on any atom is 0.324 e. The van der Waals surface area contributed by atoms with Crippen LogP contribution in [0.2, 0.25) is 0 Å². The number of anilines is 1. The van der Waals surface area contributed by atoms with Gasteiger partial charge in [0, 0.05) is 25.7 Å². The van der Waals surface area contributed by atoms with E-state index in [4.69, 9.17) is 4.52 Å². The molecule has 2 amide bonds.